The number of carbonyl (C=O) groups excluding carboxylic acids is 2. The normalized spacial score (nSPS) is 27.5. The molecule has 0 saturated carbocycles. The Balaban J connectivity index is 2.06. The minimum atomic E-state index is -1.01. The number of imide groups is 1. The van der Waals surface area contributed by atoms with Gasteiger partial charge in [-0.1, -0.05) is 12.2 Å². The van der Waals surface area contributed by atoms with Crippen LogP contribution in [0.4, 0.5) is 0 Å². The highest BCUT2D eigenvalue weighted by Crippen LogP contribution is 2.35. The molecule has 0 bridgehead atoms. The molecule has 2 amide bonds. The maximum Gasteiger partial charge on any atom is 0.306 e. The van der Waals surface area contributed by atoms with Crippen molar-refractivity contribution in [2.75, 3.05) is 13.7 Å². The Morgan fingerprint density at radius 2 is 1.89 bits per heavy atom. The third kappa shape index (κ3) is 2.68. The van der Waals surface area contributed by atoms with Crippen molar-refractivity contribution in [2.45, 2.75) is 25.4 Å². The van der Waals surface area contributed by atoms with Gasteiger partial charge in [0.1, 0.15) is 0 Å². The van der Waals surface area contributed by atoms with E-state index in [9.17, 15) is 14.4 Å². The van der Waals surface area contributed by atoms with Crippen LogP contribution >= 0.6 is 0 Å². The third-order valence-corrected chi connectivity index (χ3v) is 3.72. The molecule has 0 aromatic heterocycles. The molecule has 104 valence electrons. The zero-order valence-corrected chi connectivity index (χ0v) is 10.7. The smallest absolute Gasteiger partial charge is 0.306 e. The van der Waals surface area contributed by atoms with E-state index in [1.807, 2.05) is 12.2 Å². The van der Waals surface area contributed by atoms with Gasteiger partial charge in [0.2, 0.25) is 11.8 Å². The Morgan fingerprint density at radius 3 is 2.32 bits per heavy atom. The molecule has 1 fully saturated rings. The number of fused-ring (bicyclic) bond motifs is 1. The van der Waals surface area contributed by atoms with Crippen LogP contribution in [0.25, 0.3) is 0 Å². The molecule has 1 heterocycles. The van der Waals surface area contributed by atoms with Crippen molar-refractivity contribution in [2.24, 2.45) is 11.8 Å². The minimum Gasteiger partial charge on any atom is -0.481 e. The lowest BCUT2D eigenvalue weighted by Gasteiger charge is -2.20. The molecule has 0 aromatic carbocycles. The molecular weight excluding hydrogens is 250 g/mol. The van der Waals surface area contributed by atoms with E-state index in [-0.39, 0.29) is 36.6 Å². The summed E-state index contributed by atoms with van der Waals surface area (Å²) >= 11 is 0. The number of hydrogen-bond donors (Lipinski definition) is 1. The number of ether oxygens (including phenoxy) is 1. The topological polar surface area (TPSA) is 83.9 Å². The number of hydrogen-bond acceptors (Lipinski definition) is 4. The summed E-state index contributed by atoms with van der Waals surface area (Å²) in [5, 5.41) is 8.75. The van der Waals surface area contributed by atoms with Gasteiger partial charge in [-0.25, -0.2) is 0 Å². The van der Waals surface area contributed by atoms with Gasteiger partial charge in [-0.2, -0.15) is 0 Å². The van der Waals surface area contributed by atoms with Crippen LogP contribution in [0.15, 0.2) is 12.2 Å². The molecule has 19 heavy (non-hydrogen) atoms. The second-order valence-corrected chi connectivity index (χ2v) is 4.90. The Labute approximate surface area is 111 Å². The van der Waals surface area contributed by atoms with Gasteiger partial charge >= 0.3 is 5.97 Å². The minimum absolute atomic E-state index is 0.0213. The van der Waals surface area contributed by atoms with Crippen molar-refractivity contribution in [1.29, 1.82) is 0 Å². The van der Waals surface area contributed by atoms with Gasteiger partial charge in [0.05, 0.1) is 30.9 Å². The van der Waals surface area contributed by atoms with Crippen LogP contribution in [-0.4, -0.2) is 47.5 Å². The molecule has 2 aliphatic rings. The number of rotatable bonds is 5. The second kappa shape index (κ2) is 5.52. The lowest BCUT2D eigenvalue weighted by Crippen LogP contribution is -2.39. The van der Waals surface area contributed by atoms with Gasteiger partial charge in [0, 0.05) is 7.11 Å². The van der Waals surface area contributed by atoms with Crippen molar-refractivity contribution < 1.29 is 24.2 Å². The van der Waals surface area contributed by atoms with Crippen molar-refractivity contribution in [3.8, 4) is 0 Å². The quantitative estimate of drug-likeness (QED) is 0.576. The highest BCUT2D eigenvalue weighted by molar-refractivity contribution is 6.05. The Kier molecular flexibility index (Phi) is 3.99. The summed E-state index contributed by atoms with van der Waals surface area (Å²) in [6.45, 7) is 0.0213. The maximum absolute atomic E-state index is 12.2. The third-order valence-electron chi connectivity index (χ3n) is 3.72. The number of amides is 2. The highest BCUT2D eigenvalue weighted by atomic mass is 16.5. The van der Waals surface area contributed by atoms with Crippen molar-refractivity contribution >= 4 is 17.8 Å². The van der Waals surface area contributed by atoms with E-state index in [4.69, 9.17) is 9.84 Å². The number of likely N-dealkylation sites (tertiary alicyclic amines) is 1. The maximum atomic E-state index is 12.2. The first-order chi connectivity index (χ1) is 9.04. The number of carboxylic acid groups (broad SMARTS) is 1. The zero-order valence-electron chi connectivity index (χ0n) is 10.7. The molecule has 0 radical (unpaired) electrons. The lowest BCUT2D eigenvalue weighted by atomic mass is 9.85. The fourth-order valence-electron chi connectivity index (χ4n) is 2.67. The average molecular weight is 267 g/mol. The predicted octanol–water partition coefficient (Wildman–Crippen LogP) is 0.427. The fourth-order valence-corrected chi connectivity index (χ4v) is 2.67. The van der Waals surface area contributed by atoms with Crippen LogP contribution in [0, 0.1) is 11.8 Å². The van der Waals surface area contributed by atoms with Crippen molar-refractivity contribution in [1.82, 2.24) is 4.90 Å². The Bertz CT molecular complexity index is 405. The van der Waals surface area contributed by atoms with E-state index in [1.165, 1.54) is 12.0 Å². The molecule has 1 aliphatic heterocycles. The van der Waals surface area contributed by atoms with E-state index in [0.29, 0.717) is 12.8 Å². The van der Waals surface area contributed by atoms with Gasteiger partial charge in [-0.3, -0.25) is 19.3 Å². The number of methoxy groups -OCH3 is 1. The van der Waals surface area contributed by atoms with Gasteiger partial charge in [0.25, 0.3) is 0 Å². The summed E-state index contributed by atoms with van der Waals surface area (Å²) in [5.74, 6) is -1.97. The van der Waals surface area contributed by atoms with Crippen molar-refractivity contribution in [3.05, 3.63) is 12.2 Å². The van der Waals surface area contributed by atoms with Crippen LogP contribution in [0.3, 0.4) is 0 Å². The second-order valence-electron chi connectivity index (χ2n) is 4.90. The largest absolute Gasteiger partial charge is 0.481 e. The van der Waals surface area contributed by atoms with Gasteiger partial charge in [-0.15, -0.1) is 0 Å². The molecule has 6 heteroatoms. The van der Waals surface area contributed by atoms with Crippen LogP contribution in [-0.2, 0) is 19.1 Å². The fraction of sp³-hybridized carbons (Fsp3) is 0.615. The standard InChI is InChI=1S/C13H17NO5/c1-19-8(6-11(15)16)7-14-12(17)9-4-2-3-5-10(9)13(14)18/h2-3,8-10H,4-7H2,1H3,(H,15,16)/t8?,9-,10+. The number of carboxylic acids is 1. The highest BCUT2D eigenvalue weighted by Gasteiger charge is 2.47. The lowest BCUT2D eigenvalue weighted by molar-refractivity contribution is -0.146. The zero-order chi connectivity index (χ0) is 14.0. The summed E-state index contributed by atoms with van der Waals surface area (Å²) in [6.07, 6.45) is 4.13. The predicted molar refractivity (Wildman–Crippen MR) is 65.1 cm³/mol. The monoisotopic (exact) mass is 267 g/mol. The summed E-state index contributed by atoms with van der Waals surface area (Å²) in [7, 11) is 1.38. The first-order valence-electron chi connectivity index (χ1n) is 6.29. The Morgan fingerprint density at radius 1 is 1.37 bits per heavy atom. The molecule has 1 saturated heterocycles. The van der Waals surface area contributed by atoms with E-state index in [2.05, 4.69) is 0 Å². The van der Waals surface area contributed by atoms with Crippen LogP contribution in [0.2, 0.25) is 0 Å². The van der Waals surface area contributed by atoms with E-state index in [0.717, 1.165) is 0 Å². The van der Waals surface area contributed by atoms with E-state index in [1.54, 1.807) is 0 Å². The molecule has 0 aromatic rings. The number of nitrogens with zero attached hydrogens (tertiary/aromatic N) is 1. The van der Waals surface area contributed by atoms with Crippen LogP contribution in [0.1, 0.15) is 19.3 Å². The summed E-state index contributed by atoms with van der Waals surface area (Å²) in [5.41, 5.74) is 0. The number of carbonyl (C=O) groups is 3. The average Bonchev–Trinajstić information content (AvgIpc) is 2.63. The van der Waals surface area contributed by atoms with E-state index >= 15 is 0 Å². The molecule has 3 atom stereocenters. The molecule has 1 N–H and O–H groups in total. The molecule has 2 rings (SSSR count). The summed E-state index contributed by atoms with van der Waals surface area (Å²) in [4.78, 5) is 36.2. The van der Waals surface area contributed by atoms with Gasteiger partial charge in [-0.05, 0) is 12.8 Å². The number of aliphatic carboxylic acids is 1. The first kappa shape index (κ1) is 13.7. The molecule has 1 unspecified atom stereocenters. The van der Waals surface area contributed by atoms with Gasteiger partial charge < -0.3 is 9.84 Å². The number of allylic oxidation sites excluding steroid dienone is 2. The van der Waals surface area contributed by atoms with Crippen LogP contribution < -0.4 is 0 Å². The van der Waals surface area contributed by atoms with Gasteiger partial charge in [0.15, 0.2) is 0 Å². The van der Waals surface area contributed by atoms with Crippen LogP contribution in [0.5, 0.6) is 0 Å². The molecular formula is C13H17NO5. The molecule has 0 spiro atoms. The van der Waals surface area contributed by atoms with E-state index < -0.39 is 12.1 Å². The molecule has 1 aliphatic carbocycles. The first-order valence-corrected chi connectivity index (χ1v) is 6.29. The summed E-state index contributed by atoms with van der Waals surface area (Å²) < 4.78 is 5.03. The summed E-state index contributed by atoms with van der Waals surface area (Å²) in [6, 6.07) is 0. The Hall–Kier alpha value is -1.69. The molecule has 6 nitrogen and oxygen atoms in total. The van der Waals surface area contributed by atoms with Crippen molar-refractivity contribution in [3.63, 3.8) is 0 Å². The SMILES string of the molecule is COC(CC(=O)O)CN1C(=O)[C@H]2CC=CC[C@H]2C1=O.